The van der Waals surface area contributed by atoms with E-state index in [1.807, 2.05) is 0 Å². The van der Waals surface area contributed by atoms with Gasteiger partial charge in [0.05, 0.1) is 16.9 Å². The second kappa shape index (κ2) is 7.31. The Morgan fingerprint density at radius 3 is 2.26 bits per heavy atom. The Morgan fingerprint density at radius 2 is 1.65 bits per heavy atom. The summed E-state index contributed by atoms with van der Waals surface area (Å²) in [5.74, 6) is -0.493. The summed E-state index contributed by atoms with van der Waals surface area (Å²) in [4.78, 5) is 23.0. The molecule has 1 amide bonds. The molecule has 0 atom stereocenters. The number of hydrogen-bond acceptors (Lipinski definition) is 5. The summed E-state index contributed by atoms with van der Waals surface area (Å²) in [5.41, 5.74) is 1.78. The van der Waals surface area contributed by atoms with Gasteiger partial charge in [0.15, 0.2) is 5.78 Å². The molecule has 0 aliphatic carbocycles. The average Bonchev–Trinajstić information content (AvgIpc) is 2.54. The number of nitrogens with zero attached hydrogens (tertiary/aromatic N) is 2. The molecule has 0 unspecified atom stereocenters. The largest absolute Gasteiger partial charge is 0.507 e. The number of carbonyl (C=O) groups is 2. The standard InChI is InChI=1S/C17H17N3O3/c1-3-18-17(23)15-10-14(8-9-16(15)22)20-19-13-6-4-12(5-7-13)11(2)21/h4-10,22H,3H2,1-2H3,(H,18,23)/b20-19+. The minimum absolute atomic E-state index is 0.0152. The van der Waals surface area contributed by atoms with E-state index in [1.165, 1.54) is 19.1 Å². The first kappa shape index (κ1) is 16.4. The normalized spacial score (nSPS) is 10.7. The van der Waals surface area contributed by atoms with Crippen LogP contribution in [0.25, 0.3) is 0 Å². The first-order chi connectivity index (χ1) is 11.0. The molecule has 2 N–H and O–H groups in total. The van der Waals surface area contributed by atoms with Crippen molar-refractivity contribution >= 4 is 23.1 Å². The molecule has 0 spiro atoms. The van der Waals surface area contributed by atoms with Crippen LogP contribution in [0, 0.1) is 0 Å². The number of ketones is 1. The van der Waals surface area contributed by atoms with Gasteiger partial charge in [0.1, 0.15) is 5.75 Å². The molecule has 2 rings (SSSR count). The number of phenolic OH excluding ortho intramolecular Hbond substituents is 1. The van der Waals surface area contributed by atoms with E-state index in [2.05, 4.69) is 15.5 Å². The lowest BCUT2D eigenvalue weighted by Gasteiger charge is -2.05. The molecule has 2 aromatic rings. The zero-order chi connectivity index (χ0) is 16.8. The third-order valence-corrected chi connectivity index (χ3v) is 3.12. The molecule has 23 heavy (non-hydrogen) atoms. The summed E-state index contributed by atoms with van der Waals surface area (Å²) in [7, 11) is 0. The van der Waals surface area contributed by atoms with Crippen LogP contribution in [0.2, 0.25) is 0 Å². The summed E-state index contributed by atoms with van der Waals surface area (Å²) < 4.78 is 0. The third-order valence-electron chi connectivity index (χ3n) is 3.12. The van der Waals surface area contributed by atoms with Crippen LogP contribution in [-0.4, -0.2) is 23.3 Å². The maximum Gasteiger partial charge on any atom is 0.255 e. The first-order valence-corrected chi connectivity index (χ1v) is 7.15. The number of Topliss-reactive ketones (excluding diaryl/α,β-unsaturated/α-hetero) is 1. The number of rotatable bonds is 5. The van der Waals surface area contributed by atoms with Gasteiger partial charge < -0.3 is 10.4 Å². The van der Waals surface area contributed by atoms with E-state index in [9.17, 15) is 14.7 Å². The van der Waals surface area contributed by atoms with Gasteiger partial charge in [-0.25, -0.2) is 0 Å². The number of aromatic hydroxyl groups is 1. The molecule has 0 aliphatic rings. The van der Waals surface area contributed by atoms with Crippen molar-refractivity contribution in [3.05, 3.63) is 53.6 Å². The molecule has 0 bridgehead atoms. The highest BCUT2D eigenvalue weighted by Crippen LogP contribution is 2.25. The van der Waals surface area contributed by atoms with Crippen LogP contribution in [0.5, 0.6) is 5.75 Å². The smallest absolute Gasteiger partial charge is 0.255 e. The lowest BCUT2D eigenvalue weighted by molar-refractivity contribution is 0.0952. The van der Waals surface area contributed by atoms with Crippen molar-refractivity contribution in [2.75, 3.05) is 6.54 Å². The summed E-state index contributed by atoms with van der Waals surface area (Å²) in [6.45, 7) is 3.76. The van der Waals surface area contributed by atoms with Gasteiger partial charge in [-0.15, -0.1) is 0 Å². The quantitative estimate of drug-likeness (QED) is 0.650. The first-order valence-electron chi connectivity index (χ1n) is 7.15. The van der Waals surface area contributed by atoms with Crippen molar-refractivity contribution in [2.45, 2.75) is 13.8 Å². The highest BCUT2D eigenvalue weighted by atomic mass is 16.3. The summed E-state index contributed by atoms with van der Waals surface area (Å²) >= 11 is 0. The Bertz CT molecular complexity index is 752. The predicted molar refractivity (Wildman–Crippen MR) is 86.7 cm³/mol. The fourth-order valence-electron chi connectivity index (χ4n) is 1.90. The molecule has 0 fully saturated rings. The number of benzene rings is 2. The zero-order valence-corrected chi connectivity index (χ0v) is 12.9. The number of carbonyl (C=O) groups excluding carboxylic acids is 2. The van der Waals surface area contributed by atoms with E-state index in [0.29, 0.717) is 23.5 Å². The molecule has 0 heterocycles. The van der Waals surface area contributed by atoms with Crippen LogP contribution < -0.4 is 5.32 Å². The van der Waals surface area contributed by atoms with E-state index < -0.39 is 0 Å². The molecular formula is C17H17N3O3. The Labute approximate surface area is 133 Å². The van der Waals surface area contributed by atoms with Crippen molar-refractivity contribution in [1.82, 2.24) is 5.32 Å². The van der Waals surface area contributed by atoms with Crippen LogP contribution in [0.3, 0.4) is 0 Å². The van der Waals surface area contributed by atoms with Crippen LogP contribution in [-0.2, 0) is 0 Å². The molecule has 6 nitrogen and oxygen atoms in total. The third kappa shape index (κ3) is 4.23. The lowest BCUT2D eigenvalue weighted by atomic mass is 10.1. The second-order valence-electron chi connectivity index (χ2n) is 4.86. The van der Waals surface area contributed by atoms with Gasteiger partial charge in [-0.1, -0.05) is 0 Å². The second-order valence-corrected chi connectivity index (χ2v) is 4.86. The number of phenols is 1. The summed E-state index contributed by atoms with van der Waals surface area (Å²) in [6.07, 6.45) is 0. The van der Waals surface area contributed by atoms with Gasteiger partial charge in [-0.2, -0.15) is 10.2 Å². The molecule has 2 aromatic carbocycles. The van der Waals surface area contributed by atoms with Gasteiger partial charge in [0.25, 0.3) is 5.91 Å². The summed E-state index contributed by atoms with van der Waals surface area (Å²) in [6, 6.07) is 11.1. The molecule has 118 valence electrons. The Morgan fingerprint density at radius 1 is 1.04 bits per heavy atom. The van der Waals surface area contributed by atoms with Crippen LogP contribution in [0.15, 0.2) is 52.7 Å². The highest BCUT2D eigenvalue weighted by molar-refractivity contribution is 5.97. The number of hydrogen-bond donors (Lipinski definition) is 2. The molecule has 0 radical (unpaired) electrons. The van der Waals surface area contributed by atoms with Crippen molar-refractivity contribution in [3.63, 3.8) is 0 Å². The fraction of sp³-hybridized carbons (Fsp3) is 0.176. The van der Waals surface area contributed by atoms with Gasteiger partial charge in [-0.05, 0) is 56.3 Å². The van der Waals surface area contributed by atoms with E-state index in [1.54, 1.807) is 37.3 Å². The Hall–Kier alpha value is -3.02. The Kier molecular flexibility index (Phi) is 5.19. The van der Waals surface area contributed by atoms with Crippen LogP contribution >= 0.6 is 0 Å². The topological polar surface area (TPSA) is 91.1 Å². The van der Waals surface area contributed by atoms with Crippen LogP contribution in [0.1, 0.15) is 34.6 Å². The van der Waals surface area contributed by atoms with Crippen molar-refractivity contribution < 1.29 is 14.7 Å². The van der Waals surface area contributed by atoms with Crippen molar-refractivity contribution in [3.8, 4) is 5.75 Å². The minimum atomic E-state index is -0.368. The molecular weight excluding hydrogens is 294 g/mol. The highest BCUT2D eigenvalue weighted by Gasteiger charge is 2.10. The van der Waals surface area contributed by atoms with E-state index in [4.69, 9.17) is 0 Å². The van der Waals surface area contributed by atoms with Crippen molar-refractivity contribution in [1.29, 1.82) is 0 Å². The van der Waals surface area contributed by atoms with Gasteiger partial charge in [0, 0.05) is 12.1 Å². The average molecular weight is 311 g/mol. The Balaban J connectivity index is 2.20. The number of amides is 1. The molecule has 6 heteroatoms. The zero-order valence-electron chi connectivity index (χ0n) is 12.9. The van der Waals surface area contributed by atoms with Gasteiger partial charge in [0.2, 0.25) is 0 Å². The van der Waals surface area contributed by atoms with E-state index in [-0.39, 0.29) is 23.0 Å². The molecule has 0 aromatic heterocycles. The van der Waals surface area contributed by atoms with Gasteiger partial charge >= 0.3 is 0 Å². The maximum absolute atomic E-state index is 11.8. The van der Waals surface area contributed by atoms with E-state index in [0.717, 1.165) is 0 Å². The number of azo groups is 1. The van der Waals surface area contributed by atoms with Crippen molar-refractivity contribution in [2.24, 2.45) is 10.2 Å². The summed E-state index contributed by atoms with van der Waals surface area (Å²) in [5, 5.41) is 20.4. The molecule has 0 saturated heterocycles. The lowest BCUT2D eigenvalue weighted by Crippen LogP contribution is -2.22. The monoisotopic (exact) mass is 311 g/mol. The molecule has 0 aliphatic heterocycles. The predicted octanol–water partition coefficient (Wildman–Crippen LogP) is 3.76. The fourth-order valence-corrected chi connectivity index (χ4v) is 1.90. The minimum Gasteiger partial charge on any atom is -0.507 e. The molecule has 0 saturated carbocycles. The van der Waals surface area contributed by atoms with E-state index >= 15 is 0 Å². The van der Waals surface area contributed by atoms with Crippen LogP contribution in [0.4, 0.5) is 11.4 Å². The maximum atomic E-state index is 11.8. The number of nitrogens with one attached hydrogen (secondary N) is 1. The SMILES string of the molecule is CCNC(=O)c1cc(/N=N/c2ccc(C(C)=O)cc2)ccc1O. The van der Waals surface area contributed by atoms with Gasteiger partial charge in [-0.3, -0.25) is 9.59 Å².